The van der Waals surface area contributed by atoms with Gasteiger partial charge in [0.2, 0.25) is 0 Å². The molecule has 0 unspecified atom stereocenters. The zero-order valence-corrected chi connectivity index (χ0v) is 11.8. The second kappa shape index (κ2) is 5.93. The predicted octanol–water partition coefficient (Wildman–Crippen LogP) is 4.20. The number of halogens is 1. The van der Waals surface area contributed by atoms with Crippen LogP contribution >= 0.6 is 11.6 Å². The summed E-state index contributed by atoms with van der Waals surface area (Å²) in [5.41, 5.74) is 4.54. The summed E-state index contributed by atoms with van der Waals surface area (Å²) >= 11 is 5.82. The molecule has 1 heterocycles. The quantitative estimate of drug-likeness (QED) is 0.656. The molecule has 0 N–H and O–H groups in total. The largest absolute Gasteiger partial charge is 0.240 e. The first-order chi connectivity index (χ1) is 9.86. The van der Waals surface area contributed by atoms with Gasteiger partial charge in [0, 0.05) is 6.20 Å². The van der Waals surface area contributed by atoms with Crippen LogP contribution in [0, 0.1) is 0 Å². The molecule has 1 aromatic heterocycles. The van der Waals surface area contributed by atoms with Gasteiger partial charge in [-0.1, -0.05) is 48.5 Å². The second-order valence-electron chi connectivity index (χ2n) is 4.68. The van der Waals surface area contributed by atoms with Gasteiger partial charge in [-0.05, 0) is 29.7 Å². The summed E-state index contributed by atoms with van der Waals surface area (Å²) in [4.78, 5) is 0. The molecule has 100 valence electrons. The van der Waals surface area contributed by atoms with E-state index < -0.39 is 0 Å². The highest BCUT2D eigenvalue weighted by Crippen LogP contribution is 2.18. The van der Waals surface area contributed by atoms with Crippen LogP contribution < -0.4 is 0 Å². The molecule has 0 atom stereocenters. The van der Waals surface area contributed by atoms with Crippen LogP contribution in [0.4, 0.5) is 0 Å². The molecular weight excluding hydrogens is 268 g/mol. The van der Waals surface area contributed by atoms with Crippen LogP contribution in [0.5, 0.6) is 0 Å². The van der Waals surface area contributed by atoms with Gasteiger partial charge in [-0.15, -0.1) is 11.6 Å². The normalized spacial score (nSPS) is 10.7. The van der Waals surface area contributed by atoms with Crippen LogP contribution in [-0.2, 0) is 12.3 Å². The summed E-state index contributed by atoms with van der Waals surface area (Å²) in [5.74, 6) is 0.438. The van der Waals surface area contributed by atoms with E-state index in [1.54, 1.807) is 0 Å². The maximum Gasteiger partial charge on any atom is 0.0776 e. The Morgan fingerprint density at radius 3 is 2.40 bits per heavy atom. The molecule has 0 bridgehead atoms. The van der Waals surface area contributed by atoms with Crippen molar-refractivity contribution in [2.75, 3.05) is 0 Å². The van der Waals surface area contributed by atoms with Gasteiger partial charge in [0.25, 0.3) is 0 Å². The number of aromatic nitrogens is 2. The Balaban J connectivity index is 1.96. The highest BCUT2D eigenvalue weighted by Gasteiger charge is 2.06. The van der Waals surface area contributed by atoms with E-state index in [1.165, 1.54) is 11.1 Å². The van der Waals surface area contributed by atoms with Crippen LogP contribution in [0.15, 0.2) is 66.9 Å². The van der Waals surface area contributed by atoms with Gasteiger partial charge in [0.05, 0.1) is 17.3 Å². The number of para-hydroxylation sites is 1. The van der Waals surface area contributed by atoms with Crippen molar-refractivity contribution in [2.24, 2.45) is 0 Å². The smallest absolute Gasteiger partial charge is 0.0776 e. The van der Waals surface area contributed by atoms with Gasteiger partial charge in [-0.25, -0.2) is 4.68 Å². The van der Waals surface area contributed by atoms with Crippen molar-refractivity contribution >= 4 is 11.6 Å². The lowest BCUT2D eigenvalue weighted by atomic mass is 10.0. The maximum absolute atomic E-state index is 5.82. The highest BCUT2D eigenvalue weighted by atomic mass is 35.5. The Hall–Kier alpha value is -2.06. The summed E-state index contributed by atoms with van der Waals surface area (Å²) in [7, 11) is 0. The van der Waals surface area contributed by atoms with Crippen LogP contribution in [0.2, 0.25) is 0 Å². The van der Waals surface area contributed by atoms with Gasteiger partial charge < -0.3 is 0 Å². The maximum atomic E-state index is 5.82. The first-order valence-corrected chi connectivity index (χ1v) is 7.13. The molecule has 0 radical (unpaired) electrons. The van der Waals surface area contributed by atoms with E-state index in [0.717, 1.165) is 17.8 Å². The number of rotatable bonds is 4. The van der Waals surface area contributed by atoms with Crippen molar-refractivity contribution in [3.8, 4) is 5.69 Å². The summed E-state index contributed by atoms with van der Waals surface area (Å²) in [5, 5.41) is 4.49. The van der Waals surface area contributed by atoms with Crippen molar-refractivity contribution in [3.05, 3.63) is 83.7 Å². The standard InChI is InChI=1S/C17H15ClN2/c18-13-16-10-11-20(19-16)17-9-5-4-8-15(17)12-14-6-2-1-3-7-14/h1-11H,12-13H2. The molecule has 0 aliphatic carbocycles. The number of hydrogen-bond acceptors (Lipinski definition) is 1. The minimum absolute atomic E-state index is 0.438. The lowest BCUT2D eigenvalue weighted by molar-refractivity contribution is 0.846. The summed E-state index contributed by atoms with van der Waals surface area (Å²) < 4.78 is 1.90. The summed E-state index contributed by atoms with van der Waals surface area (Å²) in [6.07, 6.45) is 2.86. The SMILES string of the molecule is ClCc1ccn(-c2ccccc2Cc2ccccc2)n1. The third-order valence-corrected chi connectivity index (χ3v) is 3.53. The van der Waals surface area contributed by atoms with E-state index in [-0.39, 0.29) is 0 Å². The number of nitrogens with zero attached hydrogens (tertiary/aromatic N) is 2. The van der Waals surface area contributed by atoms with Crippen molar-refractivity contribution < 1.29 is 0 Å². The van der Waals surface area contributed by atoms with Gasteiger partial charge in [0.15, 0.2) is 0 Å². The van der Waals surface area contributed by atoms with Crippen molar-refractivity contribution in [1.82, 2.24) is 9.78 Å². The van der Waals surface area contributed by atoms with E-state index in [0.29, 0.717) is 5.88 Å². The minimum Gasteiger partial charge on any atom is -0.240 e. The predicted molar refractivity (Wildman–Crippen MR) is 82.4 cm³/mol. The number of alkyl halides is 1. The Labute approximate surface area is 123 Å². The molecule has 2 aromatic carbocycles. The Bertz CT molecular complexity index is 689. The molecule has 0 aliphatic rings. The van der Waals surface area contributed by atoms with Crippen molar-refractivity contribution in [2.45, 2.75) is 12.3 Å². The van der Waals surface area contributed by atoms with Gasteiger partial charge in [0.1, 0.15) is 0 Å². The average Bonchev–Trinajstić information content (AvgIpc) is 2.98. The van der Waals surface area contributed by atoms with Crippen molar-refractivity contribution in [3.63, 3.8) is 0 Å². The minimum atomic E-state index is 0.438. The molecule has 3 rings (SSSR count). The second-order valence-corrected chi connectivity index (χ2v) is 4.94. The topological polar surface area (TPSA) is 17.8 Å². The third-order valence-electron chi connectivity index (χ3n) is 3.26. The average molecular weight is 283 g/mol. The zero-order valence-electron chi connectivity index (χ0n) is 11.0. The van der Waals surface area contributed by atoms with Crippen LogP contribution in [-0.4, -0.2) is 9.78 Å². The summed E-state index contributed by atoms with van der Waals surface area (Å²) in [6, 6.07) is 20.7. The molecule has 0 saturated carbocycles. The Morgan fingerprint density at radius 1 is 0.900 bits per heavy atom. The van der Waals surface area contributed by atoms with E-state index in [9.17, 15) is 0 Å². The van der Waals surface area contributed by atoms with Gasteiger partial charge in [-0.2, -0.15) is 5.10 Å². The number of hydrogen-bond donors (Lipinski definition) is 0. The van der Waals surface area contributed by atoms with Crippen LogP contribution in [0.3, 0.4) is 0 Å². The highest BCUT2D eigenvalue weighted by molar-refractivity contribution is 6.16. The van der Waals surface area contributed by atoms with E-state index in [1.807, 2.05) is 29.1 Å². The zero-order chi connectivity index (χ0) is 13.8. The van der Waals surface area contributed by atoms with Crippen LogP contribution in [0.25, 0.3) is 5.69 Å². The first kappa shape index (κ1) is 12.9. The molecule has 3 aromatic rings. The molecule has 0 aliphatic heterocycles. The van der Waals surface area contributed by atoms with Gasteiger partial charge in [-0.3, -0.25) is 0 Å². The fourth-order valence-electron chi connectivity index (χ4n) is 2.27. The molecule has 0 spiro atoms. The monoisotopic (exact) mass is 282 g/mol. The van der Waals surface area contributed by atoms with E-state index in [2.05, 4.69) is 47.6 Å². The van der Waals surface area contributed by atoms with Gasteiger partial charge >= 0.3 is 0 Å². The van der Waals surface area contributed by atoms with E-state index >= 15 is 0 Å². The molecule has 0 amide bonds. The lowest BCUT2D eigenvalue weighted by Crippen LogP contribution is -2.01. The molecule has 2 nitrogen and oxygen atoms in total. The lowest BCUT2D eigenvalue weighted by Gasteiger charge is -2.09. The molecule has 0 fully saturated rings. The van der Waals surface area contributed by atoms with Crippen molar-refractivity contribution in [1.29, 1.82) is 0 Å². The Morgan fingerprint density at radius 2 is 1.65 bits per heavy atom. The Kier molecular flexibility index (Phi) is 3.84. The first-order valence-electron chi connectivity index (χ1n) is 6.59. The third kappa shape index (κ3) is 2.75. The van der Waals surface area contributed by atoms with Crippen LogP contribution in [0.1, 0.15) is 16.8 Å². The molecule has 0 saturated heterocycles. The number of benzene rings is 2. The fraction of sp³-hybridized carbons (Fsp3) is 0.118. The molecule has 20 heavy (non-hydrogen) atoms. The molecular formula is C17H15ClN2. The van der Waals surface area contributed by atoms with E-state index in [4.69, 9.17) is 11.6 Å². The fourth-order valence-corrected chi connectivity index (χ4v) is 2.41. The molecule has 3 heteroatoms. The summed E-state index contributed by atoms with van der Waals surface area (Å²) in [6.45, 7) is 0.